The van der Waals surface area contributed by atoms with Crippen LogP contribution in [-0.4, -0.2) is 86.6 Å². The minimum atomic E-state index is -1.13. The summed E-state index contributed by atoms with van der Waals surface area (Å²) in [5.74, 6) is 1.97. The predicted molar refractivity (Wildman–Crippen MR) is 159 cm³/mol. The Morgan fingerprint density at radius 2 is 1.90 bits per heavy atom. The van der Waals surface area contributed by atoms with Crippen LogP contribution in [0.2, 0.25) is 0 Å². The SMILES string of the molecule is CC(C)N(C[C@H]1O[C@@H](n2cnc3c(N)ncnc32)[C@H](O)[C@@H]1O)[C@H]1C[C@H](CCc2nc3cc(C(C)(C)C)cc(O)c3[nH]2)C1. The standard InChI is InChI=1S/C30H42N8O4/c1-15(2)37(12-21-25(40)26(41)29(42-21)38-14-34-24-27(31)32-13-33-28(24)38)18-8-16(9-18)6-7-22-35-19-10-17(30(3,4)5)11-20(39)23(19)36-22/h10-11,13-16,18,21,25-26,29,39-41H,6-9,12H2,1-5H3,(H,35,36)(H2,31,32,33)/t16-,18-,21-,25-,26-,29-/m1/s1. The number of anilines is 1. The molecule has 0 spiro atoms. The minimum Gasteiger partial charge on any atom is -0.506 e. The molecule has 1 aliphatic carbocycles. The molecule has 1 aromatic carbocycles. The maximum absolute atomic E-state index is 10.9. The molecule has 1 saturated carbocycles. The average molecular weight is 579 g/mol. The van der Waals surface area contributed by atoms with Crippen molar-refractivity contribution >= 4 is 28.0 Å². The van der Waals surface area contributed by atoms with E-state index in [9.17, 15) is 15.3 Å². The topological polar surface area (TPSA) is 171 Å². The van der Waals surface area contributed by atoms with Crippen LogP contribution in [0, 0.1) is 5.92 Å². The van der Waals surface area contributed by atoms with E-state index in [4.69, 9.17) is 15.5 Å². The molecule has 12 nitrogen and oxygen atoms in total. The zero-order chi connectivity index (χ0) is 29.9. The van der Waals surface area contributed by atoms with Crippen LogP contribution in [0.25, 0.3) is 22.2 Å². The number of aromatic hydroxyl groups is 1. The van der Waals surface area contributed by atoms with E-state index in [1.807, 2.05) is 6.07 Å². The summed E-state index contributed by atoms with van der Waals surface area (Å²) in [5, 5.41) is 32.4. The van der Waals surface area contributed by atoms with Gasteiger partial charge in [0.2, 0.25) is 0 Å². The van der Waals surface area contributed by atoms with Crippen molar-refractivity contribution in [1.29, 1.82) is 0 Å². The molecule has 0 radical (unpaired) electrons. The summed E-state index contributed by atoms with van der Waals surface area (Å²) in [6, 6.07) is 4.52. The van der Waals surface area contributed by atoms with Crippen LogP contribution < -0.4 is 5.73 Å². The lowest BCUT2D eigenvalue weighted by molar-refractivity contribution is -0.0620. The van der Waals surface area contributed by atoms with E-state index in [-0.39, 0.29) is 23.0 Å². The quantitative estimate of drug-likeness (QED) is 0.209. The van der Waals surface area contributed by atoms with Gasteiger partial charge in [0.25, 0.3) is 0 Å². The fourth-order valence-electron chi connectivity index (χ4n) is 6.40. The maximum Gasteiger partial charge on any atom is 0.167 e. The Morgan fingerprint density at radius 3 is 2.62 bits per heavy atom. The normalized spacial score (nSPS) is 26.6. The zero-order valence-electron chi connectivity index (χ0n) is 24.9. The number of ether oxygens (including phenoxy) is 1. The van der Waals surface area contributed by atoms with Gasteiger partial charge in [0.05, 0.1) is 11.8 Å². The van der Waals surface area contributed by atoms with Gasteiger partial charge in [-0.2, -0.15) is 0 Å². The van der Waals surface area contributed by atoms with Crippen molar-refractivity contribution in [3.8, 4) is 5.75 Å². The number of fused-ring (bicyclic) bond motifs is 2. The number of aromatic nitrogens is 6. The molecular weight excluding hydrogens is 536 g/mol. The summed E-state index contributed by atoms with van der Waals surface area (Å²) in [6.45, 7) is 11.2. The molecular formula is C30H42N8O4. The second-order valence-corrected chi connectivity index (χ2v) is 13.3. The molecule has 226 valence electrons. The van der Waals surface area contributed by atoms with Gasteiger partial charge in [0.1, 0.15) is 47.2 Å². The monoisotopic (exact) mass is 578 g/mol. The molecule has 1 aliphatic heterocycles. The number of H-pyrrole nitrogens is 1. The van der Waals surface area contributed by atoms with Gasteiger partial charge in [-0.3, -0.25) is 9.47 Å². The molecule has 6 rings (SSSR count). The smallest absolute Gasteiger partial charge is 0.167 e. The second-order valence-electron chi connectivity index (χ2n) is 13.3. The Bertz CT molecular complexity index is 1570. The average Bonchev–Trinajstić information content (AvgIpc) is 3.59. The van der Waals surface area contributed by atoms with Crippen molar-refractivity contribution in [3.05, 3.63) is 36.2 Å². The lowest BCUT2D eigenvalue weighted by Gasteiger charge is -2.46. The third kappa shape index (κ3) is 5.21. The molecule has 12 heteroatoms. The number of aliphatic hydroxyl groups excluding tert-OH is 2. The first-order valence-corrected chi connectivity index (χ1v) is 14.8. The number of nitrogen functional groups attached to an aromatic ring is 1. The van der Waals surface area contributed by atoms with Gasteiger partial charge in [-0.05, 0) is 62.1 Å². The first-order chi connectivity index (χ1) is 19.9. The van der Waals surface area contributed by atoms with Crippen molar-refractivity contribution < 1.29 is 20.1 Å². The second kappa shape index (κ2) is 10.7. The van der Waals surface area contributed by atoms with Crippen molar-refractivity contribution in [2.75, 3.05) is 12.3 Å². The number of aromatic amines is 1. The van der Waals surface area contributed by atoms with Gasteiger partial charge in [-0.15, -0.1) is 0 Å². The van der Waals surface area contributed by atoms with E-state index in [1.165, 1.54) is 12.7 Å². The van der Waals surface area contributed by atoms with Gasteiger partial charge >= 0.3 is 0 Å². The van der Waals surface area contributed by atoms with Crippen LogP contribution >= 0.6 is 0 Å². The Hall–Kier alpha value is -3.32. The molecule has 6 N–H and O–H groups in total. The fourth-order valence-corrected chi connectivity index (χ4v) is 6.40. The molecule has 4 atom stereocenters. The number of aryl methyl sites for hydroxylation is 1. The van der Waals surface area contributed by atoms with Crippen molar-refractivity contribution in [3.63, 3.8) is 0 Å². The number of imidazole rings is 2. The number of hydrogen-bond donors (Lipinski definition) is 5. The molecule has 42 heavy (non-hydrogen) atoms. The highest BCUT2D eigenvalue weighted by Crippen LogP contribution is 2.39. The Labute approximate surface area is 245 Å². The number of nitrogens with two attached hydrogens (primary N) is 1. The molecule has 4 aromatic rings. The third-order valence-electron chi connectivity index (χ3n) is 9.01. The van der Waals surface area contributed by atoms with Gasteiger partial charge in [0, 0.05) is 25.0 Å². The van der Waals surface area contributed by atoms with E-state index < -0.39 is 24.5 Å². The lowest BCUT2D eigenvalue weighted by atomic mass is 9.76. The third-order valence-corrected chi connectivity index (χ3v) is 9.01. The molecule has 4 heterocycles. The molecule has 0 unspecified atom stereocenters. The molecule has 3 aromatic heterocycles. The summed E-state index contributed by atoms with van der Waals surface area (Å²) in [7, 11) is 0. The number of rotatable bonds is 8. The van der Waals surface area contributed by atoms with Crippen LogP contribution in [0.15, 0.2) is 24.8 Å². The number of phenols is 1. The van der Waals surface area contributed by atoms with E-state index in [2.05, 4.69) is 65.5 Å². The Kier molecular flexibility index (Phi) is 7.37. The summed E-state index contributed by atoms with van der Waals surface area (Å²) in [6.07, 6.45) is 3.23. The number of nitrogens with one attached hydrogen (secondary N) is 1. The van der Waals surface area contributed by atoms with Gasteiger partial charge in [0.15, 0.2) is 17.7 Å². The van der Waals surface area contributed by atoms with E-state index in [1.54, 1.807) is 4.57 Å². The number of nitrogens with zero attached hydrogens (tertiary/aromatic N) is 6. The number of hydrogen-bond acceptors (Lipinski definition) is 10. The summed E-state index contributed by atoms with van der Waals surface area (Å²) in [5.41, 5.74) is 9.31. The van der Waals surface area contributed by atoms with Crippen LogP contribution in [0.1, 0.15) is 71.5 Å². The lowest BCUT2D eigenvalue weighted by Crippen LogP contribution is -2.52. The molecule has 0 amide bonds. The van der Waals surface area contributed by atoms with Crippen LogP contribution in [0.5, 0.6) is 5.75 Å². The highest BCUT2D eigenvalue weighted by atomic mass is 16.6. The highest BCUT2D eigenvalue weighted by Gasteiger charge is 2.46. The van der Waals surface area contributed by atoms with Crippen molar-refractivity contribution in [1.82, 2.24) is 34.4 Å². The maximum atomic E-state index is 10.9. The van der Waals surface area contributed by atoms with Crippen LogP contribution in [-0.2, 0) is 16.6 Å². The largest absolute Gasteiger partial charge is 0.506 e. The van der Waals surface area contributed by atoms with Gasteiger partial charge < -0.3 is 30.8 Å². The summed E-state index contributed by atoms with van der Waals surface area (Å²) in [4.78, 5) is 23.0. The minimum absolute atomic E-state index is 0.0655. The molecule has 0 bridgehead atoms. The first kappa shape index (κ1) is 28.8. The Morgan fingerprint density at radius 1 is 1.14 bits per heavy atom. The van der Waals surface area contributed by atoms with Crippen molar-refractivity contribution in [2.45, 2.75) is 102 Å². The predicted octanol–water partition coefficient (Wildman–Crippen LogP) is 3.03. The molecule has 2 aliphatic rings. The van der Waals surface area contributed by atoms with E-state index in [0.717, 1.165) is 42.6 Å². The number of phenolic OH excluding ortho intramolecular Hbond substituents is 1. The highest BCUT2D eigenvalue weighted by molar-refractivity contribution is 5.83. The van der Waals surface area contributed by atoms with E-state index >= 15 is 0 Å². The van der Waals surface area contributed by atoms with E-state index in [0.29, 0.717) is 35.2 Å². The number of benzene rings is 1. The summed E-state index contributed by atoms with van der Waals surface area (Å²) >= 11 is 0. The number of aliphatic hydroxyl groups is 2. The van der Waals surface area contributed by atoms with Crippen molar-refractivity contribution in [2.24, 2.45) is 5.92 Å². The van der Waals surface area contributed by atoms with Crippen LogP contribution in [0.4, 0.5) is 5.82 Å². The zero-order valence-corrected chi connectivity index (χ0v) is 24.9. The Balaban J connectivity index is 1.06. The first-order valence-electron chi connectivity index (χ1n) is 14.8. The summed E-state index contributed by atoms with van der Waals surface area (Å²) < 4.78 is 7.84. The van der Waals surface area contributed by atoms with Gasteiger partial charge in [-0.25, -0.2) is 19.9 Å². The fraction of sp³-hybridized carbons (Fsp3) is 0.600. The van der Waals surface area contributed by atoms with Gasteiger partial charge in [-0.1, -0.05) is 20.8 Å². The molecule has 1 saturated heterocycles. The van der Waals surface area contributed by atoms with Crippen LogP contribution in [0.3, 0.4) is 0 Å². The molecule has 2 fully saturated rings.